The van der Waals surface area contributed by atoms with E-state index in [1.165, 1.54) is 6.07 Å². The molecule has 5 amide bonds. The monoisotopic (exact) mass is 645 g/mol. The minimum Gasteiger partial charge on any atom is -0.534 e. The van der Waals surface area contributed by atoms with Crippen LogP contribution in [0.4, 0.5) is 13.6 Å². The molecule has 2 aliphatic rings. The molecule has 1 fully saturated rings. The molecule has 2 atom stereocenters. The van der Waals surface area contributed by atoms with Crippen LogP contribution in [0.5, 0.6) is 5.75 Å². The van der Waals surface area contributed by atoms with Crippen LogP contribution in [0.25, 0.3) is 0 Å². The standard InChI is InChI=1S/C26H26BF2N7O10/c28-14-4-2-12-10-16(27(45)46-19(12)17(14)24(42)43)33-20(37)18(11-1-3-13(23(40)41)15(29)9-11)34-26(44)36-8-7-35(21(38)22(36)39)6-5-32-25(30)31/h1-4,9,16,18,45H,5-8,10H2,(H,33,37)(H,34,44)(H,40,41)(H,42,43)(H4,30,31,32)/t16-,18?/m0/s1. The van der Waals surface area contributed by atoms with Crippen LogP contribution in [0, 0.1) is 17.0 Å². The van der Waals surface area contributed by atoms with Crippen molar-refractivity contribution in [2.24, 2.45) is 5.73 Å². The molecule has 0 saturated carbocycles. The Labute approximate surface area is 257 Å². The fourth-order valence-electron chi connectivity index (χ4n) is 4.82. The molecule has 0 aliphatic carbocycles. The van der Waals surface area contributed by atoms with E-state index in [-0.39, 0.29) is 49.7 Å². The Balaban J connectivity index is 1.56. The molecule has 0 spiro atoms. The first kappa shape index (κ1) is 33.1. The molecule has 0 radical (unpaired) electrons. The number of halogens is 2. The largest absolute Gasteiger partial charge is 0.547 e. The van der Waals surface area contributed by atoms with Crippen molar-refractivity contribution >= 4 is 48.8 Å². The highest BCUT2D eigenvalue weighted by Crippen LogP contribution is 2.32. The van der Waals surface area contributed by atoms with E-state index in [1.807, 2.05) is 0 Å². The number of carboxylic acid groups (broad SMARTS) is 2. The number of hydrogen-bond acceptors (Lipinski definition) is 9. The number of benzene rings is 2. The van der Waals surface area contributed by atoms with Gasteiger partial charge in [-0.05, 0) is 35.7 Å². The number of aromatic carboxylic acids is 2. The molecule has 9 N–H and O–H groups in total. The maximum atomic E-state index is 14.6. The van der Waals surface area contributed by atoms with Crippen LogP contribution < -0.4 is 26.3 Å². The zero-order valence-corrected chi connectivity index (χ0v) is 23.6. The number of carboxylic acids is 2. The molecule has 2 heterocycles. The van der Waals surface area contributed by atoms with Crippen molar-refractivity contribution in [2.75, 3.05) is 26.2 Å². The summed E-state index contributed by atoms with van der Waals surface area (Å²) >= 11 is 0. The molecule has 46 heavy (non-hydrogen) atoms. The van der Waals surface area contributed by atoms with Gasteiger partial charge in [0.2, 0.25) is 5.91 Å². The Morgan fingerprint density at radius 2 is 1.78 bits per heavy atom. The Morgan fingerprint density at radius 1 is 1.07 bits per heavy atom. The maximum absolute atomic E-state index is 14.6. The Hall–Kier alpha value is -5.79. The van der Waals surface area contributed by atoms with Crippen LogP contribution in [0.15, 0.2) is 30.3 Å². The van der Waals surface area contributed by atoms with E-state index in [9.17, 15) is 52.8 Å². The van der Waals surface area contributed by atoms with Crippen LogP contribution >= 0.6 is 0 Å². The summed E-state index contributed by atoms with van der Waals surface area (Å²) in [5, 5.41) is 43.3. The predicted octanol–water partition coefficient (Wildman–Crippen LogP) is -1.59. The molecule has 0 bridgehead atoms. The number of imide groups is 1. The summed E-state index contributed by atoms with van der Waals surface area (Å²) in [5.41, 5.74) is 3.42. The fraction of sp³-hybridized carbons (Fsp3) is 0.269. The average Bonchev–Trinajstić information content (AvgIpc) is 2.97. The van der Waals surface area contributed by atoms with Crippen molar-refractivity contribution in [1.82, 2.24) is 25.8 Å². The van der Waals surface area contributed by atoms with Crippen molar-refractivity contribution in [3.05, 3.63) is 64.2 Å². The molecule has 2 aliphatic heterocycles. The third kappa shape index (κ3) is 6.96. The van der Waals surface area contributed by atoms with E-state index < -0.39 is 83.3 Å². The lowest BCUT2D eigenvalue weighted by Crippen LogP contribution is -2.60. The average molecular weight is 645 g/mol. The van der Waals surface area contributed by atoms with E-state index in [2.05, 4.69) is 16.0 Å². The number of nitrogens with one attached hydrogen (secondary N) is 4. The van der Waals surface area contributed by atoms with Gasteiger partial charge in [0.05, 0.1) is 11.5 Å². The van der Waals surface area contributed by atoms with Gasteiger partial charge in [-0.25, -0.2) is 23.2 Å². The van der Waals surface area contributed by atoms with E-state index >= 15 is 0 Å². The summed E-state index contributed by atoms with van der Waals surface area (Å²) in [6, 6.07) is 1.48. The molecule has 20 heteroatoms. The second-order valence-electron chi connectivity index (χ2n) is 10.1. The molecule has 0 aromatic heterocycles. The van der Waals surface area contributed by atoms with Crippen LogP contribution in [-0.2, 0) is 20.8 Å². The minimum atomic E-state index is -1.91. The third-order valence-corrected chi connectivity index (χ3v) is 7.09. The van der Waals surface area contributed by atoms with Gasteiger partial charge >= 0.3 is 36.9 Å². The number of carbonyl (C=O) groups is 6. The molecule has 2 aromatic carbocycles. The van der Waals surface area contributed by atoms with Gasteiger partial charge in [-0.3, -0.25) is 24.7 Å². The minimum absolute atomic E-state index is 0.0185. The summed E-state index contributed by atoms with van der Waals surface area (Å²) in [5.74, 6) is -11.2. The molecule has 242 valence electrons. The molecular weight excluding hydrogens is 619 g/mol. The van der Waals surface area contributed by atoms with Crippen LogP contribution in [0.1, 0.15) is 37.9 Å². The number of urea groups is 1. The van der Waals surface area contributed by atoms with E-state index in [0.717, 1.165) is 23.1 Å². The fourth-order valence-corrected chi connectivity index (χ4v) is 4.82. The maximum Gasteiger partial charge on any atom is 0.547 e. The molecule has 1 unspecified atom stereocenters. The number of nitrogens with zero attached hydrogens (tertiary/aromatic N) is 2. The number of rotatable bonds is 9. The van der Waals surface area contributed by atoms with E-state index in [4.69, 9.17) is 15.8 Å². The topological polar surface area (TPSA) is 265 Å². The van der Waals surface area contributed by atoms with Crippen molar-refractivity contribution < 1.29 is 57.4 Å². The summed E-state index contributed by atoms with van der Waals surface area (Å²) in [7, 11) is -1.91. The van der Waals surface area contributed by atoms with Crippen molar-refractivity contribution in [3.63, 3.8) is 0 Å². The smallest absolute Gasteiger partial charge is 0.534 e. The molecular formula is C26H26BF2N7O10. The van der Waals surface area contributed by atoms with Gasteiger partial charge in [0.15, 0.2) is 5.96 Å². The predicted molar refractivity (Wildman–Crippen MR) is 150 cm³/mol. The lowest BCUT2D eigenvalue weighted by atomic mass is 9.72. The number of nitrogens with two attached hydrogens (primary N) is 1. The number of fused-ring (bicyclic) bond motifs is 1. The number of carbonyl (C=O) groups excluding carboxylic acids is 4. The third-order valence-electron chi connectivity index (χ3n) is 7.09. The highest BCUT2D eigenvalue weighted by atomic mass is 19.1. The summed E-state index contributed by atoms with van der Waals surface area (Å²) < 4.78 is 34.0. The number of amides is 5. The lowest BCUT2D eigenvalue weighted by Gasteiger charge is -2.34. The van der Waals surface area contributed by atoms with Crippen molar-refractivity contribution in [1.29, 1.82) is 5.41 Å². The van der Waals surface area contributed by atoms with Gasteiger partial charge in [-0.1, -0.05) is 12.1 Å². The van der Waals surface area contributed by atoms with Gasteiger partial charge in [-0.15, -0.1) is 0 Å². The number of guanidine groups is 1. The Kier molecular flexibility index (Phi) is 9.69. The number of hydrogen-bond donors (Lipinski definition) is 8. The second-order valence-corrected chi connectivity index (χ2v) is 10.1. The first-order chi connectivity index (χ1) is 21.7. The zero-order chi connectivity index (χ0) is 33.9. The highest BCUT2D eigenvalue weighted by molar-refractivity contribution is 6.47. The molecule has 1 saturated heterocycles. The van der Waals surface area contributed by atoms with Crippen molar-refractivity contribution in [2.45, 2.75) is 18.4 Å². The Bertz CT molecular complexity index is 1640. The van der Waals surface area contributed by atoms with Gasteiger partial charge in [-0.2, -0.15) is 0 Å². The first-order valence-electron chi connectivity index (χ1n) is 13.4. The summed E-state index contributed by atoms with van der Waals surface area (Å²) in [6.07, 6.45) is -0.275. The highest BCUT2D eigenvalue weighted by Gasteiger charge is 2.41. The van der Waals surface area contributed by atoms with E-state index in [0.29, 0.717) is 11.0 Å². The molecule has 2 aromatic rings. The Morgan fingerprint density at radius 3 is 2.41 bits per heavy atom. The van der Waals surface area contributed by atoms with Crippen molar-refractivity contribution in [3.8, 4) is 5.75 Å². The molecule has 17 nitrogen and oxygen atoms in total. The molecule has 4 rings (SSSR count). The first-order valence-corrected chi connectivity index (χ1v) is 13.4. The van der Waals surface area contributed by atoms with Gasteiger partial charge in [0, 0.05) is 26.2 Å². The van der Waals surface area contributed by atoms with E-state index in [1.54, 1.807) is 0 Å². The van der Waals surface area contributed by atoms with Gasteiger partial charge in [0.25, 0.3) is 0 Å². The zero-order valence-electron chi connectivity index (χ0n) is 23.6. The quantitative estimate of drug-likeness (QED) is 0.0664. The summed E-state index contributed by atoms with van der Waals surface area (Å²) in [6.45, 7) is -0.393. The van der Waals surface area contributed by atoms with Crippen LogP contribution in [0.2, 0.25) is 0 Å². The number of piperazine rings is 1. The van der Waals surface area contributed by atoms with Crippen LogP contribution in [0.3, 0.4) is 0 Å². The SMILES string of the molecule is N=C(N)NCCN1CCN(C(=O)NC(C(=O)N[C@H]2Cc3ccc(F)c(C(=O)O)c3OB2O)c2ccc(C(=O)O)c(F)c2)C(=O)C1=O. The van der Waals surface area contributed by atoms with Crippen LogP contribution in [-0.4, -0.2) is 106 Å². The second kappa shape index (κ2) is 13.5. The van der Waals surface area contributed by atoms with Gasteiger partial charge in [0.1, 0.15) is 29.0 Å². The van der Waals surface area contributed by atoms with Gasteiger partial charge < -0.3 is 46.5 Å². The normalized spacial score (nSPS) is 16.6. The summed E-state index contributed by atoms with van der Waals surface area (Å²) in [4.78, 5) is 76.5. The lowest BCUT2D eigenvalue weighted by molar-refractivity contribution is -0.153.